The van der Waals surface area contributed by atoms with Gasteiger partial charge in [-0.15, -0.1) is 0 Å². The van der Waals surface area contributed by atoms with Gasteiger partial charge in [0.15, 0.2) is 5.58 Å². The molecule has 1 aromatic heterocycles. The van der Waals surface area contributed by atoms with E-state index in [2.05, 4.69) is 10.5 Å². The minimum absolute atomic E-state index is 0.128. The molecule has 5 heteroatoms. The van der Waals surface area contributed by atoms with Crippen molar-refractivity contribution in [3.05, 3.63) is 30.0 Å². The van der Waals surface area contributed by atoms with Gasteiger partial charge < -0.3 is 14.7 Å². The van der Waals surface area contributed by atoms with Crippen LogP contribution in [0.4, 0.5) is 0 Å². The molecule has 1 saturated heterocycles. The highest BCUT2D eigenvalue weighted by Crippen LogP contribution is 2.18. The number of benzene rings is 1. The number of hydrogen-bond donors (Lipinski definition) is 1. The normalized spacial score (nSPS) is 16.5. The maximum Gasteiger partial charge on any atom is 0.228 e. The Labute approximate surface area is 111 Å². The predicted molar refractivity (Wildman–Crippen MR) is 71.8 cm³/mol. The van der Waals surface area contributed by atoms with Crippen molar-refractivity contribution in [3.63, 3.8) is 0 Å². The van der Waals surface area contributed by atoms with Crippen LogP contribution in [0.2, 0.25) is 0 Å². The molecular weight excluding hydrogens is 242 g/mol. The number of hydrogen-bond acceptors (Lipinski definition) is 4. The zero-order valence-corrected chi connectivity index (χ0v) is 10.8. The summed E-state index contributed by atoms with van der Waals surface area (Å²) in [5.41, 5.74) is 1.47. The van der Waals surface area contributed by atoms with E-state index >= 15 is 0 Å². The third-order valence-electron chi connectivity index (χ3n) is 3.46. The van der Waals surface area contributed by atoms with E-state index in [-0.39, 0.29) is 5.91 Å². The molecule has 0 radical (unpaired) electrons. The Morgan fingerprint density at radius 2 is 2.21 bits per heavy atom. The van der Waals surface area contributed by atoms with E-state index in [1.165, 1.54) is 0 Å². The molecule has 19 heavy (non-hydrogen) atoms. The summed E-state index contributed by atoms with van der Waals surface area (Å²) in [4.78, 5) is 14.2. The monoisotopic (exact) mass is 259 g/mol. The third kappa shape index (κ3) is 2.61. The second kappa shape index (κ2) is 5.40. The topological polar surface area (TPSA) is 58.4 Å². The lowest BCUT2D eigenvalue weighted by molar-refractivity contribution is -0.130. The van der Waals surface area contributed by atoms with E-state index in [1.54, 1.807) is 0 Å². The lowest BCUT2D eigenvalue weighted by Gasteiger charge is -2.19. The molecule has 1 aliphatic rings. The van der Waals surface area contributed by atoms with Crippen LogP contribution in [0.25, 0.3) is 11.0 Å². The number of amides is 1. The summed E-state index contributed by atoms with van der Waals surface area (Å²) in [7, 11) is 0. The maximum atomic E-state index is 12.3. The highest BCUT2D eigenvalue weighted by atomic mass is 16.5. The van der Waals surface area contributed by atoms with Crippen LogP contribution in [0.5, 0.6) is 0 Å². The van der Waals surface area contributed by atoms with Gasteiger partial charge in [-0.25, -0.2) is 0 Å². The van der Waals surface area contributed by atoms with Crippen LogP contribution in [0.15, 0.2) is 28.8 Å². The predicted octanol–water partition coefficient (Wildman–Crippen LogP) is 1.19. The molecule has 1 amide bonds. The molecule has 1 N–H and O–H groups in total. The van der Waals surface area contributed by atoms with Crippen LogP contribution in [0.3, 0.4) is 0 Å². The molecule has 2 heterocycles. The zero-order chi connectivity index (χ0) is 13.1. The average Bonchev–Trinajstić information content (AvgIpc) is 2.66. The fourth-order valence-electron chi connectivity index (χ4n) is 2.42. The van der Waals surface area contributed by atoms with Crippen LogP contribution < -0.4 is 5.32 Å². The summed E-state index contributed by atoms with van der Waals surface area (Å²) < 4.78 is 5.23. The first kappa shape index (κ1) is 12.2. The molecule has 0 atom stereocenters. The van der Waals surface area contributed by atoms with Gasteiger partial charge in [-0.1, -0.05) is 17.3 Å². The highest BCUT2D eigenvalue weighted by Gasteiger charge is 2.18. The average molecular weight is 259 g/mol. The molecule has 0 unspecified atom stereocenters. The van der Waals surface area contributed by atoms with Crippen molar-refractivity contribution in [3.8, 4) is 0 Å². The summed E-state index contributed by atoms with van der Waals surface area (Å²) in [5.74, 6) is 0.128. The van der Waals surface area contributed by atoms with E-state index in [0.717, 1.165) is 49.3 Å². The number of nitrogens with one attached hydrogen (secondary N) is 1. The van der Waals surface area contributed by atoms with Gasteiger partial charge >= 0.3 is 0 Å². The second-order valence-electron chi connectivity index (χ2n) is 4.79. The van der Waals surface area contributed by atoms with E-state index < -0.39 is 0 Å². The van der Waals surface area contributed by atoms with E-state index in [9.17, 15) is 4.79 Å². The molecule has 1 fully saturated rings. The van der Waals surface area contributed by atoms with Crippen molar-refractivity contribution in [1.82, 2.24) is 15.4 Å². The fraction of sp³-hybridized carbons (Fsp3) is 0.429. The molecule has 0 bridgehead atoms. The Balaban J connectivity index is 1.75. The number of aromatic nitrogens is 1. The lowest BCUT2D eigenvalue weighted by Crippen LogP contribution is -2.35. The summed E-state index contributed by atoms with van der Waals surface area (Å²) in [6.45, 7) is 3.44. The van der Waals surface area contributed by atoms with Crippen LogP contribution in [-0.2, 0) is 11.2 Å². The Hall–Kier alpha value is -1.88. The summed E-state index contributed by atoms with van der Waals surface area (Å²) in [5, 5.41) is 8.24. The third-order valence-corrected chi connectivity index (χ3v) is 3.46. The first-order valence-electron chi connectivity index (χ1n) is 6.66. The number of carbonyl (C=O) groups is 1. The molecule has 0 saturated carbocycles. The molecular formula is C14H17N3O2. The highest BCUT2D eigenvalue weighted by molar-refractivity contribution is 5.86. The largest absolute Gasteiger partial charge is 0.356 e. The van der Waals surface area contributed by atoms with E-state index in [4.69, 9.17) is 4.52 Å². The van der Waals surface area contributed by atoms with Gasteiger partial charge in [0.25, 0.3) is 0 Å². The van der Waals surface area contributed by atoms with Crippen molar-refractivity contribution in [2.24, 2.45) is 0 Å². The first-order chi connectivity index (χ1) is 9.34. The van der Waals surface area contributed by atoms with Gasteiger partial charge in [0.05, 0.1) is 6.42 Å². The van der Waals surface area contributed by atoms with E-state index in [0.29, 0.717) is 6.42 Å². The summed E-state index contributed by atoms with van der Waals surface area (Å²) in [6, 6.07) is 7.65. The lowest BCUT2D eigenvalue weighted by atomic mass is 10.1. The first-order valence-corrected chi connectivity index (χ1v) is 6.66. The Bertz CT molecular complexity index is 571. The standard InChI is InChI=1S/C14H17N3O2/c18-14(17-8-3-6-15-7-9-17)10-12-11-4-1-2-5-13(11)19-16-12/h1-2,4-5,15H,3,6-10H2. The Morgan fingerprint density at radius 1 is 1.32 bits per heavy atom. The molecule has 1 aromatic carbocycles. The second-order valence-corrected chi connectivity index (χ2v) is 4.79. The van der Waals surface area contributed by atoms with Crippen molar-refractivity contribution in [2.75, 3.05) is 26.2 Å². The smallest absolute Gasteiger partial charge is 0.228 e. The molecule has 3 rings (SSSR count). The molecule has 1 aliphatic heterocycles. The molecule has 0 spiro atoms. The number of rotatable bonds is 2. The van der Waals surface area contributed by atoms with Crippen LogP contribution >= 0.6 is 0 Å². The van der Waals surface area contributed by atoms with Gasteiger partial charge in [0.1, 0.15) is 5.69 Å². The molecule has 5 nitrogen and oxygen atoms in total. The van der Waals surface area contributed by atoms with Crippen molar-refractivity contribution >= 4 is 16.9 Å². The van der Waals surface area contributed by atoms with Crippen molar-refractivity contribution in [1.29, 1.82) is 0 Å². The van der Waals surface area contributed by atoms with E-state index in [1.807, 2.05) is 29.2 Å². The van der Waals surface area contributed by atoms with Gasteiger partial charge in [0.2, 0.25) is 5.91 Å². The summed E-state index contributed by atoms with van der Waals surface area (Å²) >= 11 is 0. The van der Waals surface area contributed by atoms with Gasteiger partial charge in [-0.05, 0) is 25.1 Å². The molecule has 0 aliphatic carbocycles. The zero-order valence-electron chi connectivity index (χ0n) is 10.8. The van der Waals surface area contributed by atoms with Crippen LogP contribution in [0, 0.1) is 0 Å². The number of fused-ring (bicyclic) bond motifs is 1. The van der Waals surface area contributed by atoms with Gasteiger partial charge in [0, 0.05) is 25.0 Å². The van der Waals surface area contributed by atoms with Crippen molar-refractivity contribution in [2.45, 2.75) is 12.8 Å². The van der Waals surface area contributed by atoms with Gasteiger partial charge in [-0.3, -0.25) is 4.79 Å². The molecule has 2 aromatic rings. The van der Waals surface area contributed by atoms with Crippen LogP contribution in [-0.4, -0.2) is 42.1 Å². The number of nitrogens with zero attached hydrogens (tertiary/aromatic N) is 2. The Kier molecular flexibility index (Phi) is 3.46. The maximum absolute atomic E-state index is 12.3. The van der Waals surface area contributed by atoms with Crippen LogP contribution in [0.1, 0.15) is 12.1 Å². The summed E-state index contributed by atoms with van der Waals surface area (Å²) in [6.07, 6.45) is 1.32. The quantitative estimate of drug-likeness (QED) is 0.880. The Morgan fingerprint density at radius 3 is 3.16 bits per heavy atom. The van der Waals surface area contributed by atoms with Gasteiger partial charge in [-0.2, -0.15) is 0 Å². The number of para-hydroxylation sites is 1. The minimum Gasteiger partial charge on any atom is -0.356 e. The minimum atomic E-state index is 0.128. The molecule has 100 valence electrons. The van der Waals surface area contributed by atoms with Crippen molar-refractivity contribution < 1.29 is 9.32 Å². The number of carbonyl (C=O) groups excluding carboxylic acids is 1. The SMILES string of the molecule is O=C(Cc1noc2ccccc12)N1CCCNCC1. The fourth-order valence-corrected chi connectivity index (χ4v) is 2.42.